The van der Waals surface area contributed by atoms with Crippen LogP contribution in [0.4, 0.5) is 0 Å². The highest BCUT2D eigenvalue weighted by Crippen LogP contribution is 2.57. The highest BCUT2D eigenvalue weighted by atomic mass is 16.7. The highest BCUT2D eigenvalue weighted by molar-refractivity contribution is 5.48. The van der Waals surface area contributed by atoms with Gasteiger partial charge in [0.25, 0.3) is 0 Å². The molecule has 0 bridgehead atoms. The van der Waals surface area contributed by atoms with Crippen LogP contribution in [0, 0.1) is 5.92 Å². The molecule has 4 aliphatic rings. The summed E-state index contributed by atoms with van der Waals surface area (Å²) in [6.45, 7) is 0.719. The molecular formula is C21H20O8. The van der Waals surface area contributed by atoms with Crippen LogP contribution in [-0.2, 0) is 20.0 Å². The number of hydrogen-bond donors (Lipinski definition) is 1. The Morgan fingerprint density at radius 1 is 0.931 bits per heavy atom. The fourth-order valence-corrected chi connectivity index (χ4v) is 4.79. The van der Waals surface area contributed by atoms with Gasteiger partial charge < -0.3 is 38.3 Å². The molecule has 152 valence electrons. The van der Waals surface area contributed by atoms with E-state index in [-0.39, 0.29) is 38.8 Å². The van der Waals surface area contributed by atoms with Crippen LogP contribution in [0.3, 0.4) is 0 Å². The molecule has 4 atom stereocenters. The molecule has 4 unspecified atom stereocenters. The zero-order chi connectivity index (χ0) is 19.6. The van der Waals surface area contributed by atoms with Gasteiger partial charge in [-0.05, 0) is 35.9 Å². The fraction of sp³-hybridized carbons (Fsp3) is 0.429. The SMILES string of the molecule is COC1(c2ccc3c(c2)OCO3)OCC2C(c3ccc4c(c3)OCO4)OCC21O. The summed E-state index contributed by atoms with van der Waals surface area (Å²) in [5, 5.41) is 11.8. The predicted molar refractivity (Wildman–Crippen MR) is 96.9 cm³/mol. The lowest BCUT2D eigenvalue weighted by molar-refractivity contribution is -0.283. The van der Waals surface area contributed by atoms with Gasteiger partial charge in [-0.3, -0.25) is 0 Å². The van der Waals surface area contributed by atoms with E-state index in [0.29, 0.717) is 28.6 Å². The average molecular weight is 400 g/mol. The van der Waals surface area contributed by atoms with E-state index in [1.54, 1.807) is 12.1 Å². The number of aliphatic hydroxyl groups is 1. The van der Waals surface area contributed by atoms with Gasteiger partial charge in [0.15, 0.2) is 28.6 Å². The van der Waals surface area contributed by atoms with Crippen LogP contribution in [0.1, 0.15) is 17.2 Å². The number of ether oxygens (including phenoxy) is 7. The Hall–Kier alpha value is -2.52. The van der Waals surface area contributed by atoms with Crippen molar-refractivity contribution in [3.05, 3.63) is 47.5 Å². The third kappa shape index (κ3) is 2.22. The molecule has 2 aromatic carbocycles. The van der Waals surface area contributed by atoms with Crippen molar-refractivity contribution < 1.29 is 38.3 Å². The first kappa shape index (κ1) is 17.3. The summed E-state index contributed by atoms with van der Waals surface area (Å²) >= 11 is 0. The van der Waals surface area contributed by atoms with E-state index in [9.17, 15) is 5.11 Å². The molecule has 0 aromatic heterocycles. The molecule has 8 heteroatoms. The summed E-state index contributed by atoms with van der Waals surface area (Å²) in [6, 6.07) is 11.1. The Morgan fingerprint density at radius 2 is 1.62 bits per heavy atom. The zero-order valence-electron chi connectivity index (χ0n) is 15.8. The van der Waals surface area contributed by atoms with Gasteiger partial charge in [-0.1, -0.05) is 6.07 Å². The summed E-state index contributed by atoms with van der Waals surface area (Å²) in [7, 11) is 1.53. The lowest BCUT2D eigenvalue weighted by Crippen LogP contribution is -2.53. The molecule has 0 radical (unpaired) electrons. The van der Waals surface area contributed by atoms with Crippen molar-refractivity contribution in [3.63, 3.8) is 0 Å². The first-order valence-electron chi connectivity index (χ1n) is 9.47. The van der Waals surface area contributed by atoms with Gasteiger partial charge in [-0.15, -0.1) is 0 Å². The number of fused-ring (bicyclic) bond motifs is 3. The van der Waals surface area contributed by atoms with E-state index in [0.717, 1.165) is 5.56 Å². The van der Waals surface area contributed by atoms with Crippen molar-refractivity contribution in [1.82, 2.24) is 0 Å². The Bertz CT molecular complexity index is 977. The first-order valence-corrected chi connectivity index (χ1v) is 9.47. The summed E-state index contributed by atoms with van der Waals surface area (Å²) < 4.78 is 39.8. The molecule has 8 nitrogen and oxygen atoms in total. The number of hydrogen-bond acceptors (Lipinski definition) is 8. The molecule has 0 spiro atoms. The van der Waals surface area contributed by atoms with Gasteiger partial charge in [0.2, 0.25) is 19.4 Å². The van der Waals surface area contributed by atoms with Gasteiger partial charge in [0.05, 0.1) is 19.3 Å². The van der Waals surface area contributed by atoms with Crippen LogP contribution in [0.2, 0.25) is 0 Å². The first-order chi connectivity index (χ1) is 14.1. The summed E-state index contributed by atoms with van der Waals surface area (Å²) in [5.74, 6) is 0.936. The van der Waals surface area contributed by atoms with E-state index < -0.39 is 11.4 Å². The fourth-order valence-electron chi connectivity index (χ4n) is 4.79. The van der Waals surface area contributed by atoms with Crippen molar-refractivity contribution in [1.29, 1.82) is 0 Å². The number of rotatable bonds is 3. The van der Waals surface area contributed by atoms with Gasteiger partial charge in [-0.25, -0.2) is 0 Å². The molecule has 4 heterocycles. The minimum Gasteiger partial charge on any atom is -0.454 e. The Kier molecular flexibility index (Phi) is 3.58. The molecular weight excluding hydrogens is 380 g/mol. The molecule has 29 heavy (non-hydrogen) atoms. The van der Waals surface area contributed by atoms with Gasteiger partial charge in [0.1, 0.15) is 0 Å². The average Bonchev–Trinajstić information content (AvgIpc) is 3.49. The normalized spacial score (nSPS) is 33.9. The zero-order valence-corrected chi connectivity index (χ0v) is 15.8. The molecule has 2 aromatic rings. The van der Waals surface area contributed by atoms with Crippen molar-refractivity contribution in [2.24, 2.45) is 5.92 Å². The van der Waals surface area contributed by atoms with Crippen LogP contribution in [0.25, 0.3) is 0 Å². The van der Waals surface area contributed by atoms with Gasteiger partial charge >= 0.3 is 0 Å². The maximum atomic E-state index is 11.8. The van der Waals surface area contributed by atoms with Crippen LogP contribution in [-0.4, -0.2) is 44.6 Å². The maximum Gasteiger partial charge on any atom is 0.231 e. The van der Waals surface area contributed by atoms with E-state index >= 15 is 0 Å². The summed E-state index contributed by atoms with van der Waals surface area (Å²) in [5.41, 5.74) is 0.178. The minimum absolute atomic E-state index is 0.0685. The molecule has 2 fully saturated rings. The second-order valence-electron chi connectivity index (χ2n) is 7.57. The molecule has 4 aliphatic heterocycles. The van der Waals surface area contributed by atoms with E-state index in [4.69, 9.17) is 33.2 Å². The van der Waals surface area contributed by atoms with Crippen LogP contribution < -0.4 is 18.9 Å². The molecule has 2 saturated heterocycles. The molecule has 0 saturated carbocycles. The van der Waals surface area contributed by atoms with E-state index in [1.807, 2.05) is 24.3 Å². The lowest BCUT2D eigenvalue weighted by atomic mass is 9.78. The van der Waals surface area contributed by atoms with Gasteiger partial charge in [0, 0.05) is 18.6 Å². The minimum atomic E-state index is -1.38. The van der Waals surface area contributed by atoms with Crippen molar-refractivity contribution in [2.45, 2.75) is 17.5 Å². The van der Waals surface area contributed by atoms with Crippen molar-refractivity contribution in [2.75, 3.05) is 33.9 Å². The maximum absolute atomic E-state index is 11.8. The summed E-state index contributed by atoms with van der Waals surface area (Å²) in [6.07, 6.45) is -0.361. The molecule has 0 amide bonds. The standard InChI is InChI=1S/C21H20O8/c1-23-21(13-3-5-16-18(7-13)28-11-26-16)20(22)9-24-19(14(20)8-29-21)12-2-4-15-17(6-12)27-10-25-15/h2-7,14,19,22H,8-11H2,1H3. The lowest BCUT2D eigenvalue weighted by Gasteiger charge is -2.38. The third-order valence-corrected chi connectivity index (χ3v) is 6.26. The van der Waals surface area contributed by atoms with Crippen LogP contribution in [0.15, 0.2) is 36.4 Å². The van der Waals surface area contributed by atoms with Gasteiger partial charge in [-0.2, -0.15) is 0 Å². The monoisotopic (exact) mass is 400 g/mol. The quantitative estimate of drug-likeness (QED) is 0.839. The topological polar surface area (TPSA) is 84.8 Å². The van der Waals surface area contributed by atoms with E-state index in [2.05, 4.69) is 0 Å². The highest BCUT2D eigenvalue weighted by Gasteiger charge is 2.68. The van der Waals surface area contributed by atoms with Crippen LogP contribution in [0.5, 0.6) is 23.0 Å². The number of methoxy groups -OCH3 is 1. The predicted octanol–water partition coefficient (Wildman–Crippen LogP) is 2.09. The second kappa shape index (κ2) is 5.99. The molecule has 6 rings (SSSR count). The van der Waals surface area contributed by atoms with Crippen LogP contribution >= 0.6 is 0 Å². The summed E-state index contributed by atoms with van der Waals surface area (Å²) in [4.78, 5) is 0. The molecule has 1 N–H and O–H groups in total. The Labute approximate surface area is 166 Å². The largest absolute Gasteiger partial charge is 0.454 e. The number of benzene rings is 2. The third-order valence-electron chi connectivity index (χ3n) is 6.26. The van der Waals surface area contributed by atoms with Crippen molar-refractivity contribution in [3.8, 4) is 23.0 Å². The Balaban J connectivity index is 1.37. The second-order valence-corrected chi connectivity index (χ2v) is 7.57. The van der Waals surface area contributed by atoms with Crippen molar-refractivity contribution >= 4 is 0 Å². The van der Waals surface area contributed by atoms with E-state index in [1.165, 1.54) is 7.11 Å². The Morgan fingerprint density at radius 3 is 2.38 bits per heavy atom. The molecule has 0 aliphatic carbocycles. The smallest absolute Gasteiger partial charge is 0.231 e.